The Morgan fingerprint density at radius 3 is 2.55 bits per heavy atom. The van der Waals surface area contributed by atoms with E-state index in [-0.39, 0.29) is 0 Å². The molecule has 0 spiro atoms. The minimum Gasteiger partial charge on any atom is -0.368 e. The molecule has 0 aromatic heterocycles. The van der Waals surface area contributed by atoms with Gasteiger partial charge in [0.2, 0.25) is 0 Å². The Balaban J connectivity index is 1.81. The molecule has 0 aliphatic carbocycles. The quantitative estimate of drug-likeness (QED) is 0.728. The summed E-state index contributed by atoms with van der Waals surface area (Å²) in [5.41, 5.74) is 4.49. The van der Waals surface area contributed by atoms with Crippen molar-refractivity contribution in [3.8, 4) is 0 Å². The van der Waals surface area contributed by atoms with Crippen LogP contribution in [0.5, 0.6) is 0 Å². The van der Waals surface area contributed by atoms with E-state index in [0.29, 0.717) is 5.92 Å². The van der Waals surface area contributed by atoms with Crippen molar-refractivity contribution < 1.29 is 0 Å². The number of fused-ring (bicyclic) bond motifs is 3. The molecule has 2 aliphatic rings. The van der Waals surface area contributed by atoms with Gasteiger partial charge in [0.25, 0.3) is 0 Å². The van der Waals surface area contributed by atoms with Crippen molar-refractivity contribution in [2.75, 3.05) is 11.4 Å². The Hall–Kier alpha value is -1.76. The van der Waals surface area contributed by atoms with E-state index >= 15 is 0 Å². The first-order chi connectivity index (χ1) is 9.93. The van der Waals surface area contributed by atoms with E-state index in [0.717, 1.165) is 6.04 Å². The maximum absolute atomic E-state index is 2.66. The highest BCUT2D eigenvalue weighted by Gasteiger charge is 2.34. The topological polar surface area (TPSA) is 3.24 Å². The molecule has 0 bridgehead atoms. The first-order valence-corrected chi connectivity index (χ1v) is 7.84. The van der Waals surface area contributed by atoms with E-state index in [1.165, 1.54) is 49.0 Å². The van der Waals surface area contributed by atoms with Gasteiger partial charge in [-0.15, -0.1) is 0 Å². The number of benzene rings is 2. The van der Waals surface area contributed by atoms with E-state index in [9.17, 15) is 0 Å². The molecule has 2 atom stereocenters. The lowest BCUT2D eigenvalue weighted by Gasteiger charge is -2.45. The summed E-state index contributed by atoms with van der Waals surface area (Å²) in [5, 5.41) is 0. The average molecular weight is 263 g/mol. The van der Waals surface area contributed by atoms with Gasteiger partial charge in [0.05, 0.1) is 0 Å². The van der Waals surface area contributed by atoms with E-state index in [1.54, 1.807) is 0 Å². The lowest BCUT2D eigenvalue weighted by Crippen LogP contribution is -2.44. The van der Waals surface area contributed by atoms with Crippen LogP contribution in [-0.2, 0) is 0 Å². The van der Waals surface area contributed by atoms with Crippen molar-refractivity contribution in [1.29, 1.82) is 0 Å². The Bertz CT molecular complexity index is 590. The zero-order valence-electron chi connectivity index (χ0n) is 11.8. The molecule has 0 amide bonds. The number of hydrogen-bond donors (Lipinski definition) is 0. The SMILES string of the molecule is c1ccc([C@H]2C[C@@H]3CCCCN3c3ccccc32)cc1. The third-order valence-electron chi connectivity index (χ3n) is 4.96. The van der Waals surface area contributed by atoms with Crippen LogP contribution < -0.4 is 4.90 Å². The molecular weight excluding hydrogens is 242 g/mol. The number of para-hydroxylation sites is 1. The smallest absolute Gasteiger partial charge is 0.0407 e. The van der Waals surface area contributed by atoms with E-state index in [1.807, 2.05) is 0 Å². The average Bonchev–Trinajstić information content (AvgIpc) is 2.55. The van der Waals surface area contributed by atoms with Crippen LogP contribution in [0.3, 0.4) is 0 Å². The van der Waals surface area contributed by atoms with Crippen LogP contribution in [0, 0.1) is 0 Å². The Morgan fingerprint density at radius 2 is 1.65 bits per heavy atom. The fourth-order valence-electron chi connectivity index (χ4n) is 4.01. The Kier molecular flexibility index (Phi) is 2.99. The standard InChI is InChI=1S/C19H21N/c1-2-8-15(9-3-1)18-14-16-10-6-7-13-20(16)19-12-5-4-11-17(18)19/h1-5,8-9,11-12,16,18H,6-7,10,13-14H2/t16-,18+/m0/s1. The summed E-state index contributed by atoms with van der Waals surface area (Å²) < 4.78 is 0. The van der Waals surface area contributed by atoms with Gasteiger partial charge in [-0.2, -0.15) is 0 Å². The lowest BCUT2D eigenvalue weighted by atomic mass is 9.78. The molecule has 1 saturated heterocycles. The van der Waals surface area contributed by atoms with Gasteiger partial charge in [-0.3, -0.25) is 0 Å². The fraction of sp³-hybridized carbons (Fsp3) is 0.368. The monoisotopic (exact) mass is 263 g/mol. The Morgan fingerprint density at radius 1 is 0.850 bits per heavy atom. The van der Waals surface area contributed by atoms with Crippen LogP contribution >= 0.6 is 0 Å². The predicted molar refractivity (Wildman–Crippen MR) is 84.3 cm³/mol. The van der Waals surface area contributed by atoms with Crippen LogP contribution in [-0.4, -0.2) is 12.6 Å². The molecule has 1 heteroatoms. The van der Waals surface area contributed by atoms with Gasteiger partial charge < -0.3 is 4.90 Å². The second kappa shape index (κ2) is 4.97. The van der Waals surface area contributed by atoms with Crippen molar-refractivity contribution in [2.24, 2.45) is 0 Å². The third-order valence-corrected chi connectivity index (χ3v) is 4.96. The normalized spacial score (nSPS) is 24.9. The first kappa shape index (κ1) is 12.0. The number of rotatable bonds is 1. The maximum atomic E-state index is 2.66. The minimum atomic E-state index is 0.576. The molecule has 2 aromatic carbocycles. The van der Waals surface area contributed by atoms with Crippen LogP contribution in [0.25, 0.3) is 0 Å². The summed E-state index contributed by atoms with van der Waals surface area (Å²) in [6, 6.07) is 20.8. The van der Waals surface area contributed by atoms with Crippen molar-refractivity contribution >= 4 is 5.69 Å². The fourth-order valence-corrected chi connectivity index (χ4v) is 4.01. The molecule has 1 fully saturated rings. The number of piperidine rings is 1. The minimum absolute atomic E-state index is 0.576. The van der Waals surface area contributed by atoms with Crippen molar-refractivity contribution in [3.63, 3.8) is 0 Å². The molecular formula is C19H21N. The molecule has 2 aliphatic heterocycles. The molecule has 1 nitrogen and oxygen atoms in total. The van der Waals surface area contributed by atoms with Crippen LogP contribution in [0.15, 0.2) is 54.6 Å². The van der Waals surface area contributed by atoms with Crippen molar-refractivity contribution in [2.45, 2.75) is 37.6 Å². The summed E-state index contributed by atoms with van der Waals surface area (Å²) in [4.78, 5) is 2.66. The summed E-state index contributed by atoms with van der Waals surface area (Å²) in [6.07, 6.45) is 5.38. The predicted octanol–water partition coefficient (Wildman–Crippen LogP) is 4.58. The first-order valence-electron chi connectivity index (χ1n) is 7.84. The molecule has 2 heterocycles. The van der Waals surface area contributed by atoms with Crippen molar-refractivity contribution in [3.05, 3.63) is 65.7 Å². The zero-order chi connectivity index (χ0) is 13.4. The van der Waals surface area contributed by atoms with Gasteiger partial charge in [0, 0.05) is 24.2 Å². The number of nitrogens with zero attached hydrogens (tertiary/aromatic N) is 1. The van der Waals surface area contributed by atoms with Crippen LogP contribution in [0.2, 0.25) is 0 Å². The maximum Gasteiger partial charge on any atom is 0.0407 e. The van der Waals surface area contributed by atoms with E-state index in [2.05, 4.69) is 59.5 Å². The zero-order valence-corrected chi connectivity index (χ0v) is 11.8. The molecule has 102 valence electrons. The number of anilines is 1. The lowest BCUT2D eigenvalue weighted by molar-refractivity contribution is 0.406. The van der Waals surface area contributed by atoms with Crippen LogP contribution in [0.1, 0.15) is 42.7 Å². The highest BCUT2D eigenvalue weighted by molar-refractivity contribution is 5.60. The molecule has 4 rings (SSSR count). The molecule has 20 heavy (non-hydrogen) atoms. The summed E-state index contributed by atoms with van der Waals surface area (Å²) in [5.74, 6) is 0.576. The van der Waals surface area contributed by atoms with Gasteiger partial charge in [-0.05, 0) is 42.9 Å². The molecule has 0 radical (unpaired) electrons. The van der Waals surface area contributed by atoms with E-state index in [4.69, 9.17) is 0 Å². The van der Waals surface area contributed by atoms with Gasteiger partial charge in [-0.1, -0.05) is 48.5 Å². The van der Waals surface area contributed by atoms with E-state index < -0.39 is 0 Å². The van der Waals surface area contributed by atoms with Gasteiger partial charge in [0.15, 0.2) is 0 Å². The Labute approximate surface area is 121 Å². The van der Waals surface area contributed by atoms with Gasteiger partial charge in [-0.25, -0.2) is 0 Å². The summed E-state index contributed by atoms with van der Waals surface area (Å²) in [6.45, 7) is 1.24. The van der Waals surface area contributed by atoms with Gasteiger partial charge >= 0.3 is 0 Å². The second-order valence-electron chi connectivity index (χ2n) is 6.10. The molecule has 0 saturated carbocycles. The van der Waals surface area contributed by atoms with Gasteiger partial charge in [0.1, 0.15) is 0 Å². The van der Waals surface area contributed by atoms with Crippen LogP contribution in [0.4, 0.5) is 5.69 Å². The highest BCUT2D eigenvalue weighted by atomic mass is 15.2. The third kappa shape index (κ3) is 1.93. The van der Waals surface area contributed by atoms with Crippen molar-refractivity contribution in [1.82, 2.24) is 0 Å². The summed E-state index contributed by atoms with van der Waals surface area (Å²) >= 11 is 0. The molecule has 0 N–H and O–H groups in total. The highest BCUT2D eigenvalue weighted by Crippen LogP contribution is 2.44. The molecule has 2 aromatic rings. The second-order valence-corrected chi connectivity index (χ2v) is 6.10. The summed E-state index contributed by atoms with van der Waals surface area (Å²) in [7, 11) is 0. The molecule has 0 unspecified atom stereocenters. The number of hydrogen-bond acceptors (Lipinski definition) is 1. The largest absolute Gasteiger partial charge is 0.368 e.